The monoisotopic (exact) mass is 326 g/mol. The van der Waals surface area contributed by atoms with E-state index >= 15 is 0 Å². The molecule has 0 bridgehead atoms. The number of hydrogen-bond donors (Lipinski definition) is 1. The molecule has 1 N–H and O–H groups in total. The summed E-state index contributed by atoms with van der Waals surface area (Å²) in [6.07, 6.45) is 8.81. The largest absolute Gasteiger partial charge is 0.460 e. The van der Waals surface area contributed by atoms with Gasteiger partial charge in [0, 0.05) is 12.7 Å². The number of carbonyl (C=O) groups is 2. The molecule has 23 heavy (non-hydrogen) atoms. The van der Waals surface area contributed by atoms with Crippen molar-refractivity contribution in [1.29, 1.82) is 0 Å². The van der Waals surface area contributed by atoms with Gasteiger partial charge in [0.05, 0.1) is 6.61 Å². The predicted octanol–water partition coefficient (Wildman–Crippen LogP) is 3.52. The van der Waals surface area contributed by atoms with Crippen LogP contribution in [0.25, 0.3) is 0 Å². The van der Waals surface area contributed by atoms with Gasteiger partial charge in [-0.05, 0) is 31.3 Å². The zero-order chi connectivity index (χ0) is 17.5. The summed E-state index contributed by atoms with van der Waals surface area (Å²) in [6.45, 7) is 7.83. The van der Waals surface area contributed by atoms with Crippen molar-refractivity contribution in [2.45, 2.75) is 58.8 Å². The fourth-order valence-corrected chi connectivity index (χ4v) is 2.02. The Labute approximate surface area is 139 Å². The molecule has 0 spiro atoms. The van der Waals surface area contributed by atoms with Crippen molar-refractivity contribution in [2.24, 2.45) is 5.92 Å². The van der Waals surface area contributed by atoms with E-state index < -0.39 is 11.9 Å². The van der Waals surface area contributed by atoms with Gasteiger partial charge in [0.25, 0.3) is 0 Å². The standard InChI is InChI=1S/C18H30O5/c1-4-7-10-15(5-2)11-12-16(23-17(20)6-3)18(21)22-14-9-8-13-19/h6,12,15,19H,3-5,7-11,13-14H2,1-2H3/b16-12-. The molecule has 132 valence electrons. The summed E-state index contributed by atoms with van der Waals surface area (Å²) in [7, 11) is 0. The van der Waals surface area contributed by atoms with Gasteiger partial charge in [-0.15, -0.1) is 0 Å². The van der Waals surface area contributed by atoms with Crippen molar-refractivity contribution in [1.82, 2.24) is 0 Å². The van der Waals surface area contributed by atoms with Crippen molar-refractivity contribution < 1.29 is 24.2 Å². The minimum absolute atomic E-state index is 0.0569. The number of ether oxygens (including phenoxy) is 2. The molecule has 0 saturated carbocycles. The fraction of sp³-hybridized carbons (Fsp3) is 0.667. The van der Waals surface area contributed by atoms with Gasteiger partial charge in [0.2, 0.25) is 5.76 Å². The highest BCUT2D eigenvalue weighted by Gasteiger charge is 2.16. The van der Waals surface area contributed by atoms with Gasteiger partial charge < -0.3 is 14.6 Å². The molecule has 0 aromatic rings. The number of aliphatic hydroxyl groups is 1. The molecular formula is C18H30O5. The first kappa shape index (κ1) is 21.4. The number of carbonyl (C=O) groups excluding carboxylic acids is 2. The Morgan fingerprint density at radius 1 is 1.22 bits per heavy atom. The van der Waals surface area contributed by atoms with E-state index in [1.807, 2.05) is 0 Å². The Morgan fingerprint density at radius 3 is 2.52 bits per heavy atom. The number of aliphatic hydroxyl groups excluding tert-OH is 1. The average Bonchev–Trinajstić information content (AvgIpc) is 2.57. The fourth-order valence-electron chi connectivity index (χ4n) is 2.02. The van der Waals surface area contributed by atoms with E-state index in [1.165, 1.54) is 0 Å². The van der Waals surface area contributed by atoms with E-state index in [4.69, 9.17) is 14.6 Å². The van der Waals surface area contributed by atoms with Gasteiger partial charge in [-0.1, -0.05) is 46.1 Å². The van der Waals surface area contributed by atoms with Crippen molar-refractivity contribution in [2.75, 3.05) is 13.2 Å². The molecule has 0 saturated heterocycles. The van der Waals surface area contributed by atoms with E-state index in [0.29, 0.717) is 25.2 Å². The smallest absolute Gasteiger partial charge is 0.374 e. The second-order valence-corrected chi connectivity index (χ2v) is 5.41. The first-order chi connectivity index (χ1) is 11.1. The van der Waals surface area contributed by atoms with E-state index in [9.17, 15) is 9.59 Å². The summed E-state index contributed by atoms with van der Waals surface area (Å²) in [6, 6.07) is 0. The number of allylic oxidation sites excluding steroid dienone is 1. The van der Waals surface area contributed by atoms with Crippen molar-refractivity contribution in [3.8, 4) is 0 Å². The van der Waals surface area contributed by atoms with Gasteiger partial charge in [0.1, 0.15) is 0 Å². The Kier molecular flexibility index (Phi) is 13.0. The van der Waals surface area contributed by atoms with E-state index in [-0.39, 0.29) is 19.0 Å². The Bertz CT molecular complexity index is 387. The average molecular weight is 326 g/mol. The van der Waals surface area contributed by atoms with Crippen LogP contribution >= 0.6 is 0 Å². The van der Waals surface area contributed by atoms with Gasteiger partial charge in [-0.3, -0.25) is 0 Å². The van der Waals surface area contributed by atoms with Crippen molar-refractivity contribution >= 4 is 11.9 Å². The number of hydrogen-bond acceptors (Lipinski definition) is 5. The minimum atomic E-state index is -0.676. The third-order valence-electron chi connectivity index (χ3n) is 3.54. The lowest BCUT2D eigenvalue weighted by Gasteiger charge is -2.13. The molecule has 0 heterocycles. The highest BCUT2D eigenvalue weighted by molar-refractivity contribution is 5.92. The van der Waals surface area contributed by atoms with Crippen LogP contribution < -0.4 is 0 Å². The SMILES string of the molecule is C=CC(=O)O/C(=C\CC(CC)CCCC)C(=O)OCCCCO. The summed E-state index contributed by atoms with van der Waals surface area (Å²) in [5, 5.41) is 8.70. The lowest BCUT2D eigenvalue weighted by molar-refractivity contribution is -0.149. The van der Waals surface area contributed by atoms with E-state index in [0.717, 1.165) is 31.8 Å². The number of esters is 2. The predicted molar refractivity (Wildman–Crippen MR) is 89.6 cm³/mol. The molecule has 0 radical (unpaired) electrons. The summed E-state index contributed by atoms with van der Waals surface area (Å²) in [4.78, 5) is 23.4. The normalized spacial score (nSPS) is 12.6. The molecule has 0 aromatic heterocycles. The lowest BCUT2D eigenvalue weighted by Crippen LogP contribution is -2.15. The van der Waals surface area contributed by atoms with Crippen LogP contribution in [0.4, 0.5) is 0 Å². The highest BCUT2D eigenvalue weighted by Crippen LogP contribution is 2.19. The Hall–Kier alpha value is -1.62. The molecule has 5 nitrogen and oxygen atoms in total. The second kappa shape index (κ2) is 14.0. The third-order valence-corrected chi connectivity index (χ3v) is 3.54. The minimum Gasteiger partial charge on any atom is -0.460 e. The van der Waals surface area contributed by atoms with Crippen LogP contribution in [0.5, 0.6) is 0 Å². The first-order valence-electron chi connectivity index (χ1n) is 8.41. The van der Waals surface area contributed by atoms with Crippen LogP contribution in [0.15, 0.2) is 24.5 Å². The van der Waals surface area contributed by atoms with Crippen LogP contribution in [-0.4, -0.2) is 30.3 Å². The topological polar surface area (TPSA) is 72.8 Å². The molecule has 1 unspecified atom stereocenters. The summed E-state index contributed by atoms with van der Waals surface area (Å²) < 4.78 is 10.1. The molecule has 0 aliphatic heterocycles. The van der Waals surface area contributed by atoms with Crippen LogP contribution in [0.3, 0.4) is 0 Å². The highest BCUT2D eigenvalue weighted by atomic mass is 16.6. The number of rotatable bonds is 13. The number of unbranched alkanes of at least 4 members (excludes halogenated alkanes) is 2. The molecule has 0 amide bonds. The molecule has 0 aliphatic carbocycles. The molecule has 5 heteroatoms. The third kappa shape index (κ3) is 10.7. The van der Waals surface area contributed by atoms with Crippen molar-refractivity contribution in [3.05, 3.63) is 24.5 Å². The van der Waals surface area contributed by atoms with Gasteiger partial charge in [0.15, 0.2) is 0 Å². The Balaban J connectivity index is 4.69. The quantitative estimate of drug-likeness (QED) is 0.243. The molecule has 0 fully saturated rings. The zero-order valence-corrected chi connectivity index (χ0v) is 14.4. The molecule has 1 atom stereocenters. The van der Waals surface area contributed by atoms with Crippen LogP contribution in [0.1, 0.15) is 58.8 Å². The first-order valence-corrected chi connectivity index (χ1v) is 8.41. The molecular weight excluding hydrogens is 296 g/mol. The van der Waals surface area contributed by atoms with Crippen LogP contribution in [0, 0.1) is 5.92 Å². The zero-order valence-electron chi connectivity index (χ0n) is 14.4. The van der Waals surface area contributed by atoms with Gasteiger partial charge in [-0.2, -0.15) is 0 Å². The van der Waals surface area contributed by atoms with E-state index in [2.05, 4.69) is 20.4 Å². The van der Waals surface area contributed by atoms with Crippen molar-refractivity contribution in [3.63, 3.8) is 0 Å². The summed E-state index contributed by atoms with van der Waals surface area (Å²) in [5.74, 6) is -0.947. The van der Waals surface area contributed by atoms with Gasteiger partial charge >= 0.3 is 11.9 Å². The maximum absolute atomic E-state index is 12.0. The maximum Gasteiger partial charge on any atom is 0.374 e. The maximum atomic E-state index is 12.0. The second-order valence-electron chi connectivity index (χ2n) is 5.41. The molecule has 0 aromatic carbocycles. The van der Waals surface area contributed by atoms with Gasteiger partial charge in [-0.25, -0.2) is 9.59 Å². The summed E-state index contributed by atoms with van der Waals surface area (Å²) >= 11 is 0. The summed E-state index contributed by atoms with van der Waals surface area (Å²) in [5.41, 5.74) is 0. The molecule has 0 aliphatic rings. The molecule has 0 rings (SSSR count). The lowest BCUT2D eigenvalue weighted by atomic mass is 9.95. The van der Waals surface area contributed by atoms with E-state index in [1.54, 1.807) is 6.08 Å². The van der Waals surface area contributed by atoms with Crippen LogP contribution in [-0.2, 0) is 19.1 Å². The van der Waals surface area contributed by atoms with Crippen LogP contribution in [0.2, 0.25) is 0 Å². The Morgan fingerprint density at radius 2 is 1.96 bits per heavy atom.